The van der Waals surface area contributed by atoms with Gasteiger partial charge in [-0.3, -0.25) is 4.79 Å². The highest BCUT2D eigenvalue weighted by Crippen LogP contribution is 2.25. The Morgan fingerprint density at radius 3 is 2.60 bits per heavy atom. The lowest BCUT2D eigenvalue weighted by atomic mass is 10.2. The van der Waals surface area contributed by atoms with E-state index in [4.69, 9.17) is 10.8 Å². The van der Waals surface area contributed by atoms with E-state index in [2.05, 4.69) is 0 Å². The van der Waals surface area contributed by atoms with E-state index in [-0.39, 0.29) is 17.4 Å². The first-order valence-electron chi connectivity index (χ1n) is 4.53. The number of amides is 1. The van der Waals surface area contributed by atoms with Crippen molar-refractivity contribution in [3.05, 3.63) is 23.8 Å². The number of benzene rings is 1. The number of hydrogen-bond donors (Lipinski definition) is 3. The highest BCUT2D eigenvalue weighted by atomic mass is 16.3. The van der Waals surface area contributed by atoms with Gasteiger partial charge in [0.05, 0.1) is 0 Å². The fourth-order valence-corrected chi connectivity index (χ4v) is 1.17. The lowest BCUT2D eigenvalue weighted by molar-refractivity contribution is 0.0798. The zero-order chi connectivity index (χ0) is 11.4. The molecule has 4 N–H and O–H groups in total. The van der Waals surface area contributed by atoms with Crippen molar-refractivity contribution in [1.82, 2.24) is 4.90 Å². The second kappa shape index (κ2) is 4.65. The maximum atomic E-state index is 11.7. The van der Waals surface area contributed by atoms with Crippen LogP contribution in [0.2, 0.25) is 0 Å². The lowest BCUT2D eigenvalue weighted by Crippen LogP contribution is -2.31. The van der Waals surface area contributed by atoms with Crippen LogP contribution in [0.25, 0.3) is 0 Å². The van der Waals surface area contributed by atoms with Gasteiger partial charge >= 0.3 is 0 Å². The summed E-state index contributed by atoms with van der Waals surface area (Å²) in [5.41, 5.74) is 5.64. The fraction of sp³-hybridized carbons (Fsp3) is 0.300. The Morgan fingerprint density at radius 1 is 1.40 bits per heavy atom. The highest BCUT2D eigenvalue weighted by molar-refractivity contribution is 5.94. The van der Waals surface area contributed by atoms with Gasteiger partial charge in [0.2, 0.25) is 0 Å². The molecule has 0 saturated carbocycles. The molecule has 15 heavy (non-hydrogen) atoms. The Morgan fingerprint density at radius 2 is 2.07 bits per heavy atom. The monoisotopic (exact) mass is 210 g/mol. The van der Waals surface area contributed by atoms with E-state index >= 15 is 0 Å². The summed E-state index contributed by atoms with van der Waals surface area (Å²) in [6.45, 7) is 0.826. The van der Waals surface area contributed by atoms with Crippen molar-refractivity contribution in [3.8, 4) is 11.5 Å². The van der Waals surface area contributed by atoms with Gasteiger partial charge in [0, 0.05) is 25.7 Å². The van der Waals surface area contributed by atoms with Gasteiger partial charge in [-0.05, 0) is 18.2 Å². The van der Waals surface area contributed by atoms with Crippen LogP contribution in [0.15, 0.2) is 18.2 Å². The third kappa shape index (κ3) is 2.60. The molecule has 0 radical (unpaired) electrons. The largest absolute Gasteiger partial charge is 0.504 e. The highest BCUT2D eigenvalue weighted by Gasteiger charge is 2.12. The van der Waals surface area contributed by atoms with Crippen molar-refractivity contribution < 1.29 is 15.0 Å². The molecule has 1 rings (SSSR count). The molecule has 0 heterocycles. The van der Waals surface area contributed by atoms with Crippen molar-refractivity contribution in [2.24, 2.45) is 5.73 Å². The molecule has 0 spiro atoms. The number of likely N-dealkylation sites (N-methyl/N-ethyl adjacent to an activating group) is 1. The molecule has 5 heteroatoms. The smallest absolute Gasteiger partial charge is 0.253 e. The second-order valence-electron chi connectivity index (χ2n) is 3.22. The van der Waals surface area contributed by atoms with E-state index in [1.807, 2.05) is 0 Å². The number of carbonyl (C=O) groups is 1. The summed E-state index contributed by atoms with van der Waals surface area (Å²) in [5, 5.41) is 18.3. The number of rotatable bonds is 3. The summed E-state index contributed by atoms with van der Waals surface area (Å²) in [7, 11) is 1.62. The molecular formula is C10H14N2O3. The average molecular weight is 210 g/mol. The minimum atomic E-state index is -0.304. The van der Waals surface area contributed by atoms with E-state index in [1.54, 1.807) is 7.05 Å². The van der Waals surface area contributed by atoms with Crippen LogP contribution < -0.4 is 5.73 Å². The molecule has 0 aliphatic carbocycles. The molecule has 0 saturated heterocycles. The molecule has 0 aromatic heterocycles. The van der Waals surface area contributed by atoms with Gasteiger partial charge in [0.25, 0.3) is 5.91 Å². The SMILES string of the molecule is CN(CCN)C(=O)c1ccc(O)c(O)c1. The van der Waals surface area contributed by atoms with E-state index in [0.717, 1.165) is 0 Å². The Labute approximate surface area is 87.7 Å². The van der Waals surface area contributed by atoms with Crippen molar-refractivity contribution in [2.75, 3.05) is 20.1 Å². The molecule has 0 aliphatic heterocycles. The molecule has 0 unspecified atom stereocenters. The first-order valence-corrected chi connectivity index (χ1v) is 4.53. The molecule has 0 fully saturated rings. The maximum Gasteiger partial charge on any atom is 0.253 e. The molecule has 1 aromatic carbocycles. The number of phenolic OH excluding ortho intramolecular Hbond substituents is 2. The summed E-state index contributed by atoms with van der Waals surface area (Å²) < 4.78 is 0. The van der Waals surface area contributed by atoms with Crippen molar-refractivity contribution >= 4 is 5.91 Å². The minimum Gasteiger partial charge on any atom is -0.504 e. The van der Waals surface area contributed by atoms with Gasteiger partial charge in [-0.25, -0.2) is 0 Å². The van der Waals surface area contributed by atoms with E-state index in [0.29, 0.717) is 18.7 Å². The summed E-state index contributed by atoms with van der Waals surface area (Å²) in [6, 6.07) is 3.95. The van der Waals surface area contributed by atoms with Gasteiger partial charge < -0.3 is 20.8 Å². The van der Waals surface area contributed by atoms with Crippen molar-refractivity contribution in [1.29, 1.82) is 0 Å². The zero-order valence-electron chi connectivity index (χ0n) is 8.47. The van der Waals surface area contributed by atoms with Gasteiger partial charge in [-0.1, -0.05) is 0 Å². The van der Waals surface area contributed by atoms with Gasteiger partial charge in [0.15, 0.2) is 11.5 Å². The Hall–Kier alpha value is -1.75. The predicted molar refractivity (Wildman–Crippen MR) is 55.8 cm³/mol. The topological polar surface area (TPSA) is 86.8 Å². The Balaban J connectivity index is 2.87. The summed E-state index contributed by atoms with van der Waals surface area (Å²) in [5.74, 6) is -0.786. The average Bonchev–Trinajstić information content (AvgIpc) is 2.21. The number of nitrogens with zero attached hydrogens (tertiary/aromatic N) is 1. The third-order valence-corrected chi connectivity index (χ3v) is 2.03. The number of carbonyl (C=O) groups excluding carboxylic acids is 1. The number of aromatic hydroxyl groups is 2. The minimum absolute atomic E-state index is 0.240. The van der Waals surface area contributed by atoms with Crippen LogP contribution in [0.5, 0.6) is 11.5 Å². The van der Waals surface area contributed by atoms with Gasteiger partial charge in [-0.15, -0.1) is 0 Å². The molecule has 0 bridgehead atoms. The van der Waals surface area contributed by atoms with Crippen LogP contribution in [0, 0.1) is 0 Å². The molecule has 1 amide bonds. The van der Waals surface area contributed by atoms with Crippen LogP contribution >= 0.6 is 0 Å². The molecule has 0 atom stereocenters. The normalized spacial score (nSPS) is 10.0. The van der Waals surface area contributed by atoms with Crippen LogP contribution in [-0.4, -0.2) is 41.2 Å². The lowest BCUT2D eigenvalue weighted by Gasteiger charge is -2.16. The summed E-state index contributed by atoms with van der Waals surface area (Å²) >= 11 is 0. The Kier molecular flexibility index (Phi) is 3.51. The molecule has 5 nitrogen and oxygen atoms in total. The van der Waals surface area contributed by atoms with Gasteiger partial charge in [-0.2, -0.15) is 0 Å². The van der Waals surface area contributed by atoms with Crippen LogP contribution in [-0.2, 0) is 0 Å². The van der Waals surface area contributed by atoms with Crippen LogP contribution in [0.3, 0.4) is 0 Å². The fourth-order valence-electron chi connectivity index (χ4n) is 1.17. The number of nitrogens with two attached hydrogens (primary N) is 1. The standard InChI is InChI=1S/C10H14N2O3/c1-12(5-4-11)10(15)7-2-3-8(13)9(14)6-7/h2-3,6,13-14H,4-5,11H2,1H3. The second-order valence-corrected chi connectivity index (χ2v) is 3.22. The van der Waals surface area contributed by atoms with E-state index in [9.17, 15) is 9.90 Å². The molecule has 1 aromatic rings. The van der Waals surface area contributed by atoms with E-state index in [1.165, 1.54) is 23.1 Å². The van der Waals surface area contributed by atoms with Crippen LogP contribution in [0.4, 0.5) is 0 Å². The van der Waals surface area contributed by atoms with Gasteiger partial charge in [0.1, 0.15) is 0 Å². The first kappa shape index (κ1) is 11.3. The Bertz CT molecular complexity index is 366. The number of hydrogen-bond acceptors (Lipinski definition) is 4. The molecule has 82 valence electrons. The quantitative estimate of drug-likeness (QED) is 0.619. The predicted octanol–water partition coefficient (Wildman–Crippen LogP) is 0.128. The number of phenols is 2. The molecule has 0 aliphatic rings. The first-order chi connectivity index (χ1) is 7.06. The van der Waals surface area contributed by atoms with Crippen molar-refractivity contribution in [3.63, 3.8) is 0 Å². The summed E-state index contributed by atoms with van der Waals surface area (Å²) in [4.78, 5) is 13.1. The van der Waals surface area contributed by atoms with E-state index < -0.39 is 0 Å². The van der Waals surface area contributed by atoms with Crippen molar-refractivity contribution in [2.45, 2.75) is 0 Å². The van der Waals surface area contributed by atoms with Crippen LogP contribution in [0.1, 0.15) is 10.4 Å². The zero-order valence-corrected chi connectivity index (χ0v) is 8.47. The molecular weight excluding hydrogens is 196 g/mol. The maximum absolute atomic E-state index is 11.7. The summed E-state index contributed by atoms with van der Waals surface area (Å²) in [6.07, 6.45) is 0. The third-order valence-electron chi connectivity index (χ3n) is 2.03.